The highest BCUT2D eigenvalue weighted by Gasteiger charge is 2.33. The number of esters is 1. The molecule has 8 heteroatoms. The largest absolute Gasteiger partial charge is 0.507 e. The maximum atomic E-state index is 13.2. The molecule has 1 aromatic carbocycles. The van der Waals surface area contributed by atoms with E-state index in [1.807, 2.05) is 0 Å². The molecule has 1 fully saturated rings. The molecular weight excluding hydrogens is 307 g/mol. The number of nitrogens with one attached hydrogen (secondary N) is 1. The van der Waals surface area contributed by atoms with Gasteiger partial charge in [-0.1, -0.05) is 0 Å². The van der Waals surface area contributed by atoms with Crippen LogP contribution in [0.5, 0.6) is 5.75 Å². The van der Waals surface area contributed by atoms with Gasteiger partial charge in [-0.05, 0) is 24.6 Å². The maximum absolute atomic E-state index is 13.2. The van der Waals surface area contributed by atoms with Crippen molar-refractivity contribution < 1.29 is 28.6 Å². The number of ether oxygens (including phenoxy) is 1. The summed E-state index contributed by atoms with van der Waals surface area (Å²) in [6.07, 6.45) is 0.454. The number of halogens is 1. The molecule has 1 aromatic rings. The third-order valence-electron chi connectivity index (χ3n) is 3.62. The summed E-state index contributed by atoms with van der Waals surface area (Å²) in [6, 6.07) is 2.24. The predicted octanol–water partition coefficient (Wildman–Crippen LogP) is 0.425. The first-order chi connectivity index (χ1) is 10.9. The number of carbonyl (C=O) groups is 3. The van der Waals surface area contributed by atoms with E-state index in [1.54, 1.807) is 0 Å². The summed E-state index contributed by atoms with van der Waals surface area (Å²) in [4.78, 5) is 36.8. The number of methoxy groups -OCH3 is 1. The Kier molecular flexibility index (Phi) is 5.15. The van der Waals surface area contributed by atoms with Crippen LogP contribution in [0, 0.1) is 5.82 Å². The molecule has 1 aliphatic heterocycles. The van der Waals surface area contributed by atoms with Gasteiger partial charge in [-0.2, -0.15) is 0 Å². The van der Waals surface area contributed by atoms with Crippen LogP contribution >= 0.6 is 0 Å². The van der Waals surface area contributed by atoms with E-state index in [9.17, 15) is 23.9 Å². The van der Waals surface area contributed by atoms with Crippen LogP contribution in [-0.2, 0) is 14.3 Å². The molecule has 1 aliphatic rings. The van der Waals surface area contributed by atoms with Crippen LogP contribution in [0.1, 0.15) is 23.2 Å². The molecule has 2 N–H and O–H groups in total. The number of benzene rings is 1. The van der Waals surface area contributed by atoms with Crippen LogP contribution in [0.15, 0.2) is 18.2 Å². The number of rotatable bonds is 5. The molecule has 1 saturated heterocycles. The molecule has 23 heavy (non-hydrogen) atoms. The Morgan fingerprint density at radius 3 is 2.91 bits per heavy atom. The van der Waals surface area contributed by atoms with Gasteiger partial charge in [0.1, 0.15) is 17.6 Å². The molecule has 0 aromatic heterocycles. The molecule has 0 saturated carbocycles. The minimum Gasteiger partial charge on any atom is -0.507 e. The highest BCUT2D eigenvalue weighted by atomic mass is 19.1. The molecule has 2 rings (SSSR count). The van der Waals surface area contributed by atoms with Crippen molar-refractivity contribution in [1.29, 1.82) is 0 Å². The lowest BCUT2D eigenvalue weighted by Gasteiger charge is -2.16. The van der Waals surface area contributed by atoms with Crippen LogP contribution in [0.2, 0.25) is 0 Å². The highest BCUT2D eigenvalue weighted by Crippen LogP contribution is 2.19. The zero-order chi connectivity index (χ0) is 17.0. The lowest BCUT2D eigenvalue weighted by molar-refractivity contribution is -0.141. The van der Waals surface area contributed by atoms with Gasteiger partial charge in [0.05, 0.1) is 19.1 Å². The summed E-state index contributed by atoms with van der Waals surface area (Å²) in [5.41, 5.74) is -0.231. The van der Waals surface area contributed by atoms with E-state index in [2.05, 4.69) is 10.1 Å². The Balaban J connectivity index is 1.96. The molecule has 1 atom stereocenters. The second-order valence-corrected chi connectivity index (χ2v) is 5.13. The average molecular weight is 324 g/mol. The van der Waals surface area contributed by atoms with Crippen LogP contribution in [0.3, 0.4) is 0 Å². The average Bonchev–Trinajstić information content (AvgIpc) is 2.87. The molecular formula is C15H17FN2O5. The van der Waals surface area contributed by atoms with Gasteiger partial charge in [0.15, 0.2) is 0 Å². The van der Waals surface area contributed by atoms with E-state index in [0.29, 0.717) is 13.0 Å². The third-order valence-corrected chi connectivity index (χ3v) is 3.62. The van der Waals surface area contributed by atoms with Crippen LogP contribution in [0.25, 0.3) is 0 Å². The van der Waals surface area contributed by atoms with Crippen molar-refractivity contribution in [3.05, 3.63) is 29.6 Å². The summed E-state index contributed by atoms with van der Waals surface area (Å²) in [5.74, 6) is -2.49. The normalized spacial score (nSPS) is 17.2. The van der Waals surface area contributed by atoms with Gasteiger partial charge in [-0.3, -0.25) is 14.4 Å². The SMILES string of the molecule is COC(=O)CCN1CC[C@@H](NC(=O)c2cc(F)ccc2O)C1=O. The number of amides is 2. The number of carbonyl (C=O) groups excluding carboxylic acids is 3. The van der Waals surface area contributed by atoms with Crippen molar-refractivity contribution in [3.63, 3.8) is 0 Å². The molecule has 0 bridgehead atoms. The summed E-state index contributed by atoms with van der Waals surface area (Å²) >= 11 is 0. The number of phenols is 1. The number of hydrogen-bond acceptors (Lipinski definition) is 5. The van der Waals surface area contributed by atoms with Gasteiger partial charge < -0.3 is 20.1 Å². The van der Waals surface area contributed by atoms with Crippen molar-refractivity contribution in [2.24, 2.45) is 0 Å². The first-order valence-corrected chi connectivity index (χ1v) is 7.07. The smallest absolute Gasteiger partial charge is 0.307 e. The van der Waals surface area contributed by atoms with E-state index in [4.69, 9.17) is 0 Å². The number of nitrogens with zero attached hydrogens (tertiary/aromatic N) is 1. The fraction of sp³-hybridized carbons (Fsp3) is 0.400. The van der Waals surface area contributed by atoms with Crippen molar-refractivity contribution in [2.75, 3.05) is 20.2 Å². The topological polar surface area (TPSA) is 95.9 Å². The fourth-order valence-corrected chi connectivity index (χ4v) is 2.35. The Morgan fingerprint density at radius 1 is 1.48 bits per heavy atom. The number of phenolic OH excluding ortho intramolecular Hbond substituents is 1. The number of aromatic hydroxyl groups is 1. The minimum absolute atomic E-state index is 0.0770. The first kappa shape index (κ1) is 16.7. The number of hydrogen-bond donors (Lipinski definition) is 2. The molecule has 0 spiro atoms. The Labute approximate surface area is 132 Å². The third kappa shape index (κ3) is 3.97. The Bertz CT molecular complexity index is 634. The Hall–Kier alpha value is -2.64. The summed E-state index contributed by atoms with van der Waals surface area (Å²) in [6.45, 7) is 0.610. The summed E-state index contributed by atoms with van der Waals surface area (Å²) < 4.78 is 17.7. The number of likely N-dealkylation sites (tertiary alicyclic amines) is 1. The molecule has 0 radical (unpaired) electrons. The van der Waals surface area contributed by atoms with Crippen LogP contribution in [-0.4, -0.2) is 54.0 Å². The van der Waals surface area contributed by atoms with Crippen molar-refractivity contribution in [3.8, 4) is 5.75 Å². The molecule has 1 heterocycles. The van der Waals surface area contributed by atoms with E-state index in [-0.39, 0.29) is 30.2 Å². The van der Waals surface area contributed by atoms with Crippen LogP contribution < -0.4 is 5.32 Å². The quantitative estimate of drug-likeness (QED) is 0.766. The van der Waals surface area contributed by atoms with Gasteiger partial charge in [-0.25, -0.2) is 4.39 Å². The second-order valence-electron chi connectivity index (χ2n) is 5.13. The van der Waals surface area contributed by atoms with Gasteiger partial charge in [0.2, 0.25) is 5.91 Å². The zero-order valence-corrected chi connectivity index (χ0v) is 12.5. The van der Waals surface area contributed by atoms with Crippen LogP contribution in [0.4, 0.5) is 4.39 Å². The fourth-order valence-electron chi connectivity index (χ4n) is 2.35. The van der Waals surface area contributed by atoms with Crippen molar-refractivity contribution >= 4 is 17.8 Å². The van der Waals surface area contributed by atoms with Crippen molar-refractivity contribution in [1.82, 2.24) is 10.2 Å². The molecule has 2 amide bonds. The lowest BCUT2D eigenvalue weighted by atomic mass is 10.1. The van der Waals surface area contributed by atoms with Gasteiger partial charge in [0, 0.05) is 13.1 Å². The Morgan fingerprint density at radius 2 is 2.22 bits per heavy atom. The van der Waals surface area contributed by atoms with Gasteiger partial charge in [0.25, 0.3) is 5.91 Å². The lowest BCUT2D eigenvalue weighted by Crippen LogP contribution is -2.42. The minimum atomic E-state index is -0.761. The highest BCUT2D eigenvalue weighted by molar-refractivity contribution is 6.00. The van der Waals surface area contributed by atoms with Gasteiger partial charge in [-0.15, -0.1) is 0 Å². The second kappa shape index (κ2) is 7.08. The van der Waals surface area contributed by atoms with E-state index >= 15 is 0 Å². The van der Waals surface area contributed by atoms with Gasteiger partial charge >= 0.3 is 5.97 Å². The summed E-state index contributed by atoms with van der Waals surface area (Å²) in [5, 5.41) is 12.1. The van der Waals surface area contributed by atoms with E-state index < -0.39 is 23.7 Å². The molecule has 7 nitrogen and oxygen atoms in total. The maximum Gasteiger partial charge on any atom is 0.307 e. The molecule has 0 aliphatic carbocycles. The molecule has 0 unspecified atom stereocenters. The monoisotopic (exact) mass is 324 g/mol. The summed E-state index contributed by atoms with van der Waals surface area (Å²) in [7, 11) is 1.27. The standard InChI is InChI=1S/C15H17FN2O5/c1-23-13(20)5-7-18-6-4-11(15(18)22)17-14(21)10-8-9(16)2-3-12(10)19/h2-3,8,11,19H,4-7H2,1H3,(H,17,21)/t11-/m1/s1. The predicted molar refractivity (Wildman–Crippen MR) is 77.1 cm³/mol. The molecule has 124 valence electrons. The zero-order valence-electron chi connectivity index (χ0n) is 12.5. The van der Waals surface area contributed by atoms with E-state index in [1.165, 1.54) is 12.0 Å². The van der Waals surface area contributed by atoms with E-state index in [0.717, 1.165) is 18.2 Å². The van der Waals surface area contributed by atoms with Crippen molar-refractivity contribution in [2.45, 2.75) is 18.9 Å². The first-order valence-electron chi connectivity index (χ1n) is 7.07.